The summed E-state index contributed by atoms with van der Waals surface area (Å²) in [5.41, 5.74) is 5.09. The Bertz CT molecular complexity index is 1720. The van der Waals surface area contributed by atoms with Crippen molar-refractivity contribution in [2.75, 3.05) is 10.2 Å². The van der Waals surface area contributed by atoms with Gasteiger partial charge in [-0.05, 0) is 43.2 Å². The Balaban J connectivity index is 1.54. The average molecular weight is 525 g/mol. The molecular weight excluding hydrogens is 496 g/mol. The summed E-state index contributed by atoms with van der Waals surface area (Å²) in [4.78, 5) is 45.7. The number of fused-ring (bicyclic) bond motifs is 6. The number of amides is 1. The third-order valence-corrected chi connectivity index (χ3v) is 8.73. The Labute approximate surface area is 233 Å². The first-order valence-corrected chi connectivity index (χ1v) is 13.6. The molecule has 3 aliphatic rings. The minimum absolute atomic E-state index is 0.174. The molecule has 1 spiro atoms. The molecule has 1 N–H and O–H groups in total. The summed E-state index contributed by atoms with van der Waals surface area (Å²) >= 11 is 0. The lowest BCUT2D eigenvalue weighted by Crippen LogP contribution is -2.51. The second kappa shape index (κ2) is 8.88. The van der Waals surface area contributed by atoms with Gasteiger partial charge < -0.3 is 10.2 Å². The minimum atomic E-state index is -1.30. The fraction of sp³-hybridized carbons (Fsp3) is 0.171. The Hall–Kier alpha value is -4.77. The van der Waals surface area contributed by atoms with E-state index in [0.29, 0.717) is 16.8 Å². The van der Waals surface area contributed by atoms with Gasteiger partial charge in [-0.2, -0.15) is 0 Å². The molecule has 4 aromatic carbocycles. The third-order valence-electron chi connectivity index (χ3n) is 8.73. The number of ketones is 2. The number of Topliss-reactive ketones (excluding diaryl/α,β-unsaturated/α-hetero) is 2. The van der Waals surface area contributed by atoms with E-state index in [2.05, 4.69) is 11.4 Å². The fourth-order valence-corrected chi connectivity index (χ4v) is 6.97. The van der Waals surface area contributed by atoms with Crippen molar-refractivity contribution in [1.82, 2.24) is 0 Å². The second-order valence-corrected chi connectivity index (χ2v) is 11.0. The molecule has 0 aromatic heterocycles. The molecule has 40 heavy (non-hydrogen) atoms. The number of aryl methyl sites for hydroxylation is 2. The van der Waals surface area contributed by atoms with Crippen molar-refractivity contribution >= 4 is 34.9 Å². The highest BCUT2D eigenvalue weighted by molar-refractivity contribution is 6.18. The van der Waals surface area contributed by atoms with Crippen LogP contribution in [0.25, 0.3) is 6.08 Å². The fourth-order valence-electron chi connectivity index (χ4n) is 6.97. The van der Waals surface area contributed by atoms with E-state index >= 15 is 0 Å². The van der Waals surface area contributed by atoms with Crippen LogP contribution < -0.4 is 10.2 Å². The number of para-hydroxylation sites is 1. The number of nitrogens with one attached hydrogen (secondary N) is 1. The maximum absolute atomic E-state index is 14.7. The van der Waals surface area contributed by atoms with Crippen LogP contribution >= 0.6 is 0 Å². The van der Waals surface area contributed by atoms with Gasteiger partial charge in [-0.1, -0.05) is 102 Å². The topological polar surface area (TPSA) is 66.5 Å². The summed E-state index contributed by atoms with van der Waals surface area (Å²) in [6.07, 6.45) is 4.04. The molecule has 0 aliphatic carbocycles. The van der Waals surface area contributed by atoms with E-state index in [1.54, 1.807) is 24.3 Å². The van der Waals surface area contributed by atoms with Gasteiger partial charge in [0.25, 0.3) is 0 Å². The van der Waals surface area contributed by atoms with Gasteiger partial charge >= 0.3 is 0 Å². The lowest BCUT2D eigenvalue weighted by Gasteiger charge is -2.37. The molecule has 7 rings (SSSR count). The number of hydrogen-bond donors (Lipinski definition) is 1. The third kappa shape index (κ3) is 3.30. The molecule has 0 bridgehead atoms. The Kier molecular flexibility index (Phi) is 5.39. The zero-order chi connectivity index (χ0) is 27.6. The van der Waals surface area contributed by atoms with Crippen molar-refractivity contribution in [1.29, 1.82) is 0 Å². The quantitative estimate of drug-likeness (QED) is 0.325. The van der Waals surface area contributed by atoms with Crippen LogP contribution in [0.5, 0.6) is 0 Å². The molecule has 1 amide bonds. The lowest BCUT2D eigenvalue weighted by atomic mass is 9.64. The molecule has 5 nitrogen and oxygen atoms in total. The van der Waals surface area contributed by atoms with Gasteiger partial charge in [0.2, 0.25) is 5.91 Å². The van der Waals surface area contributed by atoms with Crippen molar-refractivity contribution in [2.45, 2.75) is 31.3 Å². The molecule has 4 atom stereocenters. The van der Waals surface area contributed by atoms with E-state index < -0.39 is 23.4 Å². The van der Waals surface area contributed by atoms with Crippen LogP contribution in [-0.4, -0.2) is 29.6 Å². The van der Waals surface area contributed by atoms with Gasteiger partial charge in [0.15, 0.2) is 11.6 Å². The average Bonchev–Trinajstić information content (AvgIpc) is 3.45. The highest BCUT2D eigenvalue weighted by Crippen LogP contribution is 2.58. The number of benzene rings is 4. The summed E-state index contributed by atoms with van der Waals surface area (Å²) in [6.45, 7) is 4.00. The number of nitrogens with zero attached hydrogens (tertiary/aromatic N) is 1. The van der Waals surface area contributed by atoms with Gasteiger partial charge in [0, 0.05) is 22.5 Å². The van der Waals surface area contributed by atoms with Crippen LogP contribution in [0.3, 0.4) is 0 Å². The van der Waals surface area contributed by atoms with E-state index in [1.165, 1.54) is 0 Å². The van der Waals surface area contributed by atoms with Crippen molar-refractivity contribution in [3.05, 3.63) is 137 Å². The number of carbonyl (C=O) groups is 3. The minimum Gasteiger partial charge on any atom is -0.352 e. The predicted octanol–water partition coefficient (Wildman–Crippen LogP) is 6.16. The summed E-state index contributed by atoms with van der Waals surface area (Å²) < 4.78 is 0. The number of hydrogen-bond acceptors (Lipinski definition) is 4. The van der Waals surface area contributed by atoms with Crippen LogP contribution in [-0.2, 0) is 10.2 Å². The number of anilines is 2. The second-order valence-electron chi connectivity index (χ2n) is 11.0. The predicted molar refractivity (Wildman–Crippen MR) is 157 cm³/mol. The molecule has 0 unspecified atom stereocenters. The van der Waals surface area contributed by atoms with E-state index in [-0.39, 0.29) is 17.5 Å². The van der Waals surface area contributed by atoms with E-state index in [4.69, 9.17) is 0 Å². The molecule has 3 aliphatic heterocycles. The van der Waals surface area contributed by atoms with Crippen LogP contribution in [0.15, 0.2) is 103 Å². The van der Waals surface area contributed by atoms with Gasteiger partial charge in [-0.3, -0.25) is 14.4 Å². The summed E-state index contributed by atoms with van der Waals surface area (Å²) in [7, 11) is 0. The molecule has 1 saturated heterocycles. The lowest BCUT2D eigenvalue weighted by molar-refractivity contribution is -0.121. The highest BCUT2D eigenvalue weighted by atomic mass is 16.2. The molecule has 4 aromatic rings. The smallest absolute Gasteiger partial charge is 0.238 e. The van der Waals surface area contributed by atoms with Gasteiger partial charge in [-0.25, -0.2) is 0 Å². The zero-order valence-electron chi connectivity index (χ0n) is 22.3. The molecule has 1 fully saturated rings. The highest BCUT2D eigenvalue weighted by Gasteiger charge is 2.70. The first-order chi connectivity index (χ1) is 19.4. The van der Waals surface area contributed by atoms with Gasteiger partial charge in [0.05, 0.1) is 12.0 Å². The Morgan fingerprint density at radius 3 is 2.23 bits per heavy atom. The maximum Gasteiger partial charge on any atom is 0.238 e. The van der Waals surface area contributed by atoms with Crippen LogP contribution in [0.1, 0.15) is 43.0 Å². The SMILES string of the molecule is Cc1ccc(C(=O)[C@@H]2[C@H](C(=O)c3ccccc3)N3c4ccc(C)cc4C=C[C@@H]3[C@]23C(=O)Nc2ccccc23)cc1. The molecule has 0 saturated carbocycles. The zero-order valence-corrected chi connectivity index (χ0v) is 22.3. The van der Waals surface area contributed by atoms with Crippen molar-refractivity contribution in [3.63, 3.8) is 0 Å². The van der Waals surface area contributed by atoms with Crippen LogP contribution in [0, 0.1) is 19.8 Å². The first kappa shape index (κ1) is 24.3. The standard InChI is InChI=1S/C35H28N2O3/c1-21-12-15-24(16-13-21)32(38)30-31(33(39)23-8-4-3-5-9-23)37-28-18-14-22(2)20-25(28)17-19-29(37)35(30)26-10-6-7-11-27(26)36-34(35)40/h3-20,29-31H,1-2H3,(H,36,40)/t29-,30+,31-,35+/m1/s1. The number of rotatable bonds is 4. The van der Waals surface area contributed by atoms with Crippen molar-refractivity contribution < 1.29 is 14.4 Å². The summed E-state index contributed by atoms with van der Waals surface area (Å²) in [5, 5.41) is 3.08. The summed E-state index contributed by atoms with van der Waals surface area (Å²) in [5.74, 6) is -1.60. The van der Waals surface area contributed by atoms with Crippen LogP contribution in [0.4, 0.5) is 11.4 Å². The Morgan fingerprint density at radius 1 is 0.775 bits per heavy atom. The van der Waals surface area contributed by atoms with Crippen LogP contribution in [0.2, 0.25) is 0 Å². The Morgan fingerprint density at radius 2 is 1.45 bits per heavy atom. The van der Waals surface area contributed by atoms with Crippen molar-refractivity contribution in [2.24, 2.45) is 5.92 Å². The number of carbonyl (C=O) groups excluding carboxylic acids is 3. The van der Waals surface area contributed by atoms with Gasteiger partial charge in [-0.15, -0.1) is 0 Å². The van der Waals surface area contributed by atoms with E-state index in [9.17, 15) is 14.4 Å². The molecule has 0 radical (unpaired) electrons. The maximum atomic E-state index is 14.7. The van der Waals surface area contributed by atoms with E-state index in [0.717, 1.165) is 27.9 Å². The van der Waals surface area contributed by atoms with Gasteiger partial charge in [0.1, 0.15) is 11.5 Å². The molecule has 196 valence electrons. The first-order valence-electron chi connectivity index (χ1n) is 13.6. The monoisotopic (exact) mass is 524 g/mol. The van der Waals surface area contributed by atoms with E-state index in [1.807, 2.05) is 97.6 Å². The molecule has 3 heterocycles. The summed E-state index contributed by atoms with van der Waals surface area (Å²) in [6, 6.07) is 28.8. The largest absolute Gasteiger partial charge is 0.352 e. The van der Waals surface area contributed by atoms with Crippen molar-refractivity contribution in [3.8, 4) is 0 Å². The molecule has 5 heteroatoms. The molecular formula is C35H28N2O3. The normalized spacial score (nSPS) is 23.9.